The largest absolute Gasteiger partial charge is 0.301 e. The first-order valence-electron chi connectivity index (χ1n) is 9.08. The molecule has 0 saturated carbocycles. The van der Waals surface area contributed by atoms with E-state index in [1.54, 1.807) is 12.1 Å². The van der Waals surface area contributed by atoms with Crippen LogP contribution in [-0.4, -0.2) is 25.6 Å². The summed E-state index contributed by atoms with van der Waals surface area (Å²) in [5, 5.41) is 2.89. The van der Waals surface area contributed by atoms with Crippen molar-refractivity contribution in [2.45, 2.75) is 15.0 Å². The second kappa shape index (κ2) is 8.59. The number of sulfone groups is 1. The molecule has 0 bridgehead atoms. The minimum atomic E-state index is -3.30. The molecule has 8 heteroatoms. The van der Waals surface area contributed by atoms with Gasteiger partial charge >= 0.3 is 0 Å². The molecule has 1 N–H and O–H groups in total. The number of hydrogen-bond donors (Lipinski definition) is 1. The predicted octanol–water partition coefficient (Wildman–Crippen LogP) is 5.17. The lowest BCUT2D eigenvalue weighted by Gasteiger charge is -2.16. The van der Waals surface area contributed by atoms with Crippen LogP contribution in [0.3, 0.4) is 0 Å². The highest BCUT2D eigenvalue weighted by atomic mass is 32.2. The summed E-state index contributed by atoms with van der Waals surface area (Å²) in [6.07, 6.45) is 1.17. The van der Waals surface area contributed by atoms with Gasteiger partial charge in [0.2, 0.25) is 5.91 Å². The number of benzene rings is 3. The highest BCUT2D eigenvalue weighted by Crippen LogP contribution is 2.37. The van der Waals surface area contributed by atoms with E-state index < -0.39 is 15.1 Å². The van der Waals surface area contributed by atoms with E-state index in [1.807, 2.05) is 60.7 Å². The number of rotatable bonds is 6. The van der Waals surface area contributed by atoms with Crippen molar-refractivity contribution in [3.05, 3.63) is 84.4 Å². The summed E-state index contributed by atoms with van der Waals surface area (Å²) in [4.78, 5) is 18.8. The summed E-state index contributed by atoms with van der Waals surface area (Å²) < 4.78 is 24.3. The van der Waals surface area contributed by atoms with Crippen LogP contribution in [0.25, 0.3) is 10.2 Å². The normalized spacial score (nSPS) is 12.6. The summed E-state index contributed by atoms with van der Waals surface area (Å²) in [6.45, 7) is 0. The molecule has 0 unspecified atom stereocenters. The van der Waals surface area contributed by atoms with Crippen molar-refractivity contribution in [1.82, 2.24) is 4.98 Å². The molecule has 4 aromatic rings. The fourth-order valence-electron chi connectivity index (χ4n) is 2.90. The molecule has 0 fully saturated rings. The number of carbonyl (C=O) groups is 1. The maximum atomic E-state index is 13.2. The molecule has 1 amide bonds. The third-order valence-electron chi connectivity index (χ3n) is 4.36. The average molecular weight is 455 g/mol. The van der Waals surface area contributed by atoms with Crippen LogP contribution in [0.2, 0.25) is 0 Å². The molecular weight excluding hydrogens is 436 g/mol. The Hall–Kier alpha value is -2.68. The van der Waals surface area contributed by atoms with Gasteiger partial charge in [0.05, 0.1) is 15.1 Å². The number of hydrogen-bond acceptors (Lipinski definition) is 6. The minimum absolute atomic E-state index is 0.183. The Morgan fingerprint density at radius 2 is 1.67 bits per heavy atom. The molecule has 0 aliphatic carbocycles. The molecule has 4 rings (SSSR count). The van der Waals surface area contributed by atoms with Gasteiger partial charge in [-0.15, -0.1) is 11.8 Å². The van der Waals surface area contributed by atoms with E-state index in [9.17, 15) is 13.2 Å². The van der Waals surface area contributed by atoms with Gasteiger partial charge in [-0.2, -0.15) is 0 Å². The van der Waals surface area contributed by atoms with Crippen LogP contribution in [0.1, 0.15) is 10.8 Å². The first kappa shape index (κ1) is 20.6. The Balaban J connectivity index is 1.62. The fourth-order valence-corrected chi connectivity index (χ4v) is 5.57. The van der Waals surface area contributed by atoms with Crippen molar-refractivity contribution >= 4 is 54.2 Å². The van der Waals surface area contributed by atoms with Gasteiger partial charge in [0.15, 0.2) is 15.0 Å². The SMILES string of the molecule is CS(=O)(=O)c1ccc2nc(NC(=O)[C@H](Sc3ccccc3)c3ccccc3)sc2c1. The van der Waals surface area contributed by atoms with Gasteiger partial charge < -0.3 is 5.32 Å². The molecule has 0 radical (unpaired) electrons. The van der Waals surface area contributed by atoms with Gasteiger partial charge in [-0.1, -0.05) is 59.9 Å². The van der Waals surface area contributed by atoms with Crippen LogP contribution in [0.5, 0.6) is 0 Å². The van der Waals surface area contributed by atoms with Gasteiger partial charge in [0.25, 0.3) is 0 Å². The smallest absolute Gasteiger partial charge is 0.244 e. The lowest BCUT2D eigenvalue weighted by molar-refractivity contribution is -0.115. The molecule has 0 spiro atoms. The number of nitrogens with zero attached hydrogens (tertiary/aromatic N) is 1. The first-order valence-corrected chi connectivity index (χ1v) is 12.7. The van der Waals surface area contributed by atoms with Gasteiger partial charge in [0, 0.05) is 11.2 Å². The number of thiazole rings is 1. The van der Waals surface area contributed by atoms with Crippen LogP contribution in [0.4, 0.5) is 5.13 Å². The van der Waals surface area contributed by atoms with Crippen LogP contribution < -0.4 is 5.32 Å². The Kier molecular flexibility index (Phi) is 5.90. The molecule has 152 valence electrons. The van der Waals surface area contributed by atoms with Crippen molar-refractivity contribution in [3.63, 3.8) is 0 Å². The second-order valence-corrected chi connectivity index (χ2v) is 10.9. The van der Waals surface area contributed by atoms with Crippen LogP contribution in [0, 0.1) is 0 Å². The highest BCUT2D eigenvalue weighted by molar-refractivity contribution is 8.00. The van der Waals surface area contributed by atoms with Crippen molar-refractivity contribution in [1.29, 1.82) is 0 Å². The van der Waals surface area contributed by atoms with Gasteiger partial charge in [0.1, 0.15) is 5.25 Å². The van der Waals surface area contributed by atoms with Crippen LogP contribution >= 0.6 is 23.1 Å². The third kappa shape index (κ3) is 4.72. The summed E-state index contributed by atoms with van der Waals surface area (Å²) in [5.74, 6) is -0.183. The number of amides is 1. The van der Waals surface area contributed by atoms with Crippen LogP contribution in [0.15, 0.2) is 88.7 Å². The number of carbonyl (C=O) groups excluding carboxylic acids is 1. The molecule has 1 aromatic heterocycles. The van der Waals surface area contributed by atoms with E-state index in [4.69, 9.17) is 0 Å². The summed E-state index contributed by atoms with van der Waals surface area (Å²) in [6, 6.07) is 24.1. The van der Waals surface area contributed by atoms with Crippen molar-refractivity contribution in [2.75, 3.05) is 11.6 Å². The van der Waals surface area contributed by atoms with Gasteiger partial charge in [-0.3, -0.25) is 4.79 Å². The maximum Gasteiger partial charge on any atom is 0.244 e. The van der Waals surface area contributed by atoms with Crippen molar-refractivity contribution in [3.8, 4) is 0 Å². The number of anilines is 1. The van der Waals surface area contributed by atoms with E-state index in [0.717, 1.165) is 10.5 Å². The molecule has 3 aromatic carbocycles. The quantitative estimate of drug-likeness (QED) is 0.407. The molecule has 5 nitrogen and oxygen atoms in total. The molecular formula is C22H18N2O3S3. The number of nitrogens with one attached hydrogen (secondary N) is 1. The Bertz CT molecular complexity index is 1290. The molecule has 0 aliphatic rings. The summed E-state index contributed by atoms with van der Waals surface area (Å²) in [7, 11) is -3.30. The third-order valence-corrected chi connectivity index (χ3v) is 7.67. The molecule has 0 aliphatic heterocycles. The average Bonchev–Trinajstić information content (AvgIpc) is 3.14. The van der Waals surface area contributed by atoms with Gasteiger partial charge in [-0.25, -0.2) is 13.4 Å². The van der Waals surface area contributed by atoms with Crippen molar-refractivity contribution in [2.24, 2.45) is 0 Å². The maximum absolute atomic E-state index is 13.2. The van der Waals surface area contributed by atoms with Crippen molar-refractivity contribution < 1.29 is 13.2 Å². The van der Waals surface area contributed by atoms with Gasteiger partial charge in [-0.05, 0) is 35.9 Å². The Labute approximate surface area is 183 Å². The van der Waals surface area contributed by atoms with E-state index in [-0.39, 0.29) is 10.8 Å². The number of thioether (sulfide) groups is 1. The predicted molar refractivity (Wildman–Crippen MR) is 123 cm³/mol. The second-order valence-electron chi connectivity index (χ2n) is 6.63. The lowest BCUT2D eigenvalue weighted by atomic mass is 10.1. The van der Waals surface area contributed by atoms with E-state index in [1.165, 1.54) is 35.4 Å². The summed E-state index contributed by atoms with van der Waals surface area (Å²) in [5.41, 5.74) is 1.54. The first-order chi connectivity index (χ1) is 14.4. The van der Waals surface area contributed by atoms with E-state index >= 15 is 0 Å². The minimum Gasteiger partial charge on any atom is -0.301 e. The molecule has 1 atom stereocenters. The zero-order chi connectivity index (χ0) is 21.1. The Morgan fingerprint density at radius 3 is 2.33 bits per heavy atom. The fraction of sp³-hybridized carbons (Fsp3) is 0.0909. The lowest BCUT2D eigenvalue weighted by Crippen LogP contribution is -2.18. The van der Waals surface area contributed by atoms with E-state index in [0.29, 0.717) is 15.3 Å². The number of aromatic nitrogens is 1. The Morgan fingerprint density at radius 1 is 1.00 bits per heavy atom. The standard InChI is InChI=1S/C22H18N2O3S3/c1-30(26,27)17-12-13-18-19(14-17)29-22(23-18)24-21(25)20(15-8-4-2-5-9-15)28-16-10-6-3-7-11-16/h2-14,20H,1H3,(H,23,24,25)/t20-/m1/s1. The monoisotopic (exact) mass is 454 g/mol. The zero-order valence-electron chi connectivity index (χ0n) is 16.0. The summed E-state index contributed by atoms with van der Waals surface area (Å²) >= 11 is 2.73. The number of fused-ring (bicyclic) bond motifs is 1. The molecule has 30 heavy (non-hydrogen) atoms. The molecule has 0 saturated heterocycles. The topological polar surface area (TPSA) is 76.1 Å². The zero-order valence-corrected chi connectivity index (χ0v) is 18.4. The highest BCUT2D eigenvalue weighted by Gasteiger charge is 2.23. The van der Waals surface area contributed by atoms with E-state index in [2.05, 4.69) is 10.3 Å². The molecule has 1 heterocycles. The van der Waals surface area contributed by atoms with Crippen LogP contribution in [-0.2, 0) is 14.6 Å².